The molecule has 1 aliphatic carbocycles. The molecular formula is C20H30ClN2O2S+. The SMILES string of the molecule is O=C(CSCc1ccc(Cl)cc1)NCC1([NH+]2CCOCC2)CCCCC1. The molecule has 0 aromatic heterocycles. The summed E-state index contributed by atoms with van der Waals surface area (Å²) in [6.45, 7) is 4.65. The minimum Gasteiger partial charge on any atom is -0.370 e. The Morgan fingerprint density at radius 1 is 1.15 bits per heavy atom. The summed E-state index contributed by atoms with van der Waals surface area (Å²) >= 11 is 7.57. The predicted molar refractivity (Wildman–Crippen MR) is 108 cm³/mol. The zero-order valence-corrected chi connectivity index (χ0v) is 17.0. The van der Waals surface area contributed by atoms with Gasteiger partial charge in [0.2, 0.25) is 5.91 Å². The van der Waals surface area contributed by atoms with Crippen molar-refractivity contribution in [1.82, 2.24) is 5.32 Å². The highest BCUT2D eigenvalue weighted by atomic mass is 35.5. The molecule has 0 unspecified atom stereocenters. The van der Waals surface area contributed by atoms with Crippen molar-refractivity contribution in [2.24, 2.45) is 0 Å². The van der Waals surface area contributed by atoms with Gasteiger partial charge in [0.05, 0.1) is 25.5 Å². The van der Waals surface area contributed by atoms with E-state index in [-0.39, 0.29) is 11.4 Å². The molecule has 4 nitrogen and oxygen atoms in total. The van der Waals surface area contributed by atoms with Crippen LogP contribution in [0, 0.1) is 0 Å². The zero-order chi connectivity index (χ0) is 18.2. The van der Waals surface area contributed by atoms with Gasteiger partial charge in [-0.25, -0.2) is 0 Å². The van der Waals surface area contributed by atoms with Crippen LogP contribution >= 0.6 is 23.4 Å². The van der Waals surface area contributed by atoms with E-state index in [1.54, 1.807) is 16.7 Å². The highest BCUT2D eigenvalue weighted by molar-refractivity contribution is 7.99. The van der Waals surface area contributed by atoms with Gasteiger partial charge >= 0.3 is 0 Å². The maximum absolute atomic E-state index is 12.4. The zero-order valence-electron chi connectivity index (χ0n) is 15.4. The number of ether oxygens (including phenoxy) is 1. The maximum Gasteiger partial charge on any atom is 0.230 e. The summed E-state index contributed by atoms with van der Waals surface area (Å²) in [5.74, 6) is 1.50. The van der Waals surface area contributed by atoms with Gasteiger partial charge in [0.15, 0.2) is 0 Å². The Kier molecular flexibility index (Phi) is 7.67. The number of rotatable bonds is 7. The number of benzene rings is 1. The number of amides is 1. The Balaban J connectivity index is 1.45. The summed E-state index contributed by atoms with van der Waals surface area (Å²) in [5.41, 5.74) is 1.42. The van der Waals surface area contributed by atoms with Crippen LogP contribution in [0.1, 0.15) is 37.7 Å². The first-order chi connectivity index (χ1) is 12.7. The van der Waals surface area contributed by atoms with E-state index < -0.39 is 0 Å². The number of carbonyl (C=O) groups excluding carboxylic acids is 1. The van der Waals surface area contributed by atoms with Crippen molar-refractivity contribution in [3.05, 3.63) is 34.9 Å². The molecule has 0 atom stereocenters. The lowest BCUT2D eigenvalue weighted by Gasteiger charge is -2.45. The monoisotopic (exact) mass is 397 g/mol. The van der Waals surface area contributed by atoms with Crippen LogP contribution in [0.5, 0.6) is 0 Å². The Morgan fingerprint density at radius 2 is 1.85 bits per heavy atom. The number of morpholine rings is 1. The van der Waals surface area contributed by atoms with Gasteiger partial charge in [0.1, 0.15) is 18.6 Å². The number of halogens is 1. The third-order valence-corrected chi connectivity index (χ3v) is 6.95. The van der Waals surface area contributed by atoms with Crippen molar-refractivity contribution in [2.75, 3.05) is 38.6 Å². The Hall–Kier alpha value is -0.750. The van der Waals surface area contributed by atoms with E-state index in [1.807, 2.05) is 24.3 Å². The van der Waals surface area contributed by atoms with Crippen molar-refractivity contribution in [1.29, 1.82) is 0 Å². The normalized spacial score (nSPS) is 20.7. The van der Waals surface area contributed by atoms with E-state index >= 15 is 0 Å². The van der Waals surface area contributed by atoms with Gasteiger partial charge in [0.25, 0.3) is 0 Å². The fourth-order valence-corrected chi connectivity index (χ4v) is 5.14. The predicted octanol–water partition coefficient (Wildman–Crippen LogP) is 2.31. The number of hydrogen-bond donors (Lipinski definition) is 2. The van der Waals surface area contributed by atoms with Crippen LogP contribution in [0.2, 0.25) is 5.02 Å². The van der Waals surface area contributed by atoms with Crippen LogP contribution in [0.15, 0.2) is 24.3 Å². The summed E-state index contributed by atoms with van der Waals surface area (Å²) in [6.07, 6.45) is 6.34. The quantitative estimate of drug-likeness (QED) is 0.742. The minimum absolute atomic E-state index is 0.154. The van der Waals surface area contributed by atoms with Gasteiger partial charge in [-0.05, 0) is 30.5 Å². The van der Waals surface area contributed by atoms with Crippen LogP contribution in [-0.4, -0.2) is 50.0 Å². The molecular weight excluding hydrogens is 368 g/mol. The molecule has 1 heterocycles. The summed E-state index contributed by atoms with van der Waals surface area (Å²) in [6, 6.07) is 7.84. The van der Waals surface area contributed by atoms with Gasteiger partial charge in [0, 0.05) is 23.6 Å². The Bertz CT molecular complexity index is 570. The van der Waals surface area contributed by atoms with E-state index in [9.17, 15) is 4.79 Å². The average Bonchev–Trinajstić information content (AvgIpc) is 2.69. The van der Waals surface area contributed by atoms with E-state index in [4.69, 9.17) is 16.3 Å². The van der Waals surface area contributed by atoms with Crippen molar-refractivity contribution in [2.45, 2.75) is 43.4 Å². The fraction of sp³-hybridized carbons (Fsp3) is 0.650. The van der Waals surface area contributed by atoms with Crippen LogP contribution in [-0.2, 0) is 15.3 Å². The van der Waals surface area contributed by atoms with Crippen LogP contribution in [0.25, 0.3) is 0 Å². The minimum atomic E-state index is 0.154. The first-order valence-electron chi connectivity index (χ1n) is 9.70. The molecule has 0 radical (unpaired) electrons. The van der Waals surface area contributed by atoms with Crippen molar-refractivity contribution in [3.63, 3.8) is 0 Å². The van der Waals surface area contributed by atoms with Crippen LogP contribution in [0.4, 0.5) is 0 Å². The summed E-state index contributed by atoms with van der Waals surface area (Å²) < 4.78 is 5.54. The number of hydrogen-bond acceptors (Lipinski definition) is 3. The van der Waals surface area contributed by atoms with Gasteiger partial charge < -0.3 is 15.0 Å². The third kappa shape index (κ3) is 5.62. The summed E-state index contributed by atoms with van der Waals surface area (Å²) in [4.78, 5) is 14.0. The number of carbonyl (C=O) groups is 1. The standard InChI is InChI=1S/C20H29ClN2O2S/c21-18-6-4-17(5-7-18)14-26-15-19(24)22-16-20(8-2-1-3-9-20)23-10-12-25-13-11-23/h4-7H,1-3,8-16H2,(H,22,24)/p+1. The first kappa shape index (κ1) is 20.0. The highest BCUT2D eigenvalue weighted by Crippen LogP contribution is 2.25. The van der Waals surface area contributed by atoms with E-state index in [0.717, 1.165) is 43.6 Å². The molecule has 2 N–H and O–H groups in total. The van der Waals surface area contributed by atoms with Crippen LogP contribution < -0.4 is 10.2 Å². The van der Waals surface area contributed by atoms with Crippen molar-refractivity contribution in [3.8, 4) is 0 Å². The summed E-state index contributed by atoms with van der Waals surface area (Å²) in [7, 11) is 0. The Morgan fingerprint density at radius 3 is 2.54 bits per heavy atom. The fourth-order valence-electron chi connectivity index (χ4n) is 4.19. The third-order valence-electron chi connectivity index (χ3n) is 5.70. The second-order valence-electron chi connectivity index (χ2n) is 7.45. The molecule has 2 fully saturated rings. The number of quaternary nitrogens is 1. The topological polar surface area (TPSA) is 42.8 Å². The smallest absolute Gasteiger partial charge is 0.230 e. The van der Waals surface area contributed by atoms with Crippen LogP contribution in [0.3, 0.4) is 0 Å². The largest absolute Gasteiger partial charge is 0.370 e. The lowest BCUT2D eigenvalue weighted by molar-refractivity contribution is -0.960. The molecule has 1 aromatic carbocycles. The molecule has 0 bridgehead atoms. The first-order valence-corrected chi connectivity index (χ1v) is 11.2. The molecule has 2 aliphatic rings. The molecule has 1 aromatic rings. The van der Waals surface area contributed by atoms with Crippen molar-refractivity contribution < 1.29 is 14.4 Å². The molecule has 144 valence electrons. The lowest BCUT2D eigenvalue weighted by atomic mass is 9.79. The van der Waals surface area contributed by atoms with Crippen molar-refractivity contribution >= 4 is 29.3 Å². The van der Waals surface area contributed by atoms with Gasteiger partial charge in [-0.1, -0.05) is 30.2 Å². The molecule has 1 saturated heterocycles. The summed E-state index contributed by atoms with van der Waals surface area (Å²) in [5, 5.41) is 3.99. The van der Waals surface area contributed by atoms with Gasteiger partial charge in [-0.3, -0.25) is 4.79 Å². The Labute approximate surface area is 166 Å². The van der Waals surface area contributed by atoms with E-state index in [2.05, 4.69) is 5.32 Å². The second-order valence-corrected chi connectivity index (χ2v) is 8.87. The van der Waals surface area contributed by atoms with E-state index in [1.165, 1.54) is 37.7 Å². The van der Waals surface area contributed by atoms with E-state index in [0.29, 0.717) is 5.75 Å². The molecule has 0 spiro atoms. The molecule has 6 heteroatoms. The lowest BCUT2D eigenvalue weighted by Crippen LogP contribution is -3.23. The second kappa shape index (κ2) is 9.98. The van der Waals surface area contributed by atoms with Gasteiger partial charge in [-0.2, -0.15) is 0 Å². The molecule has 26 heavy (non-hydrogen) atoms. The molecule has 1 aliphatic heterocycles. The molecule has 1 amide bonds. The maximum atomic E-state index is 12.4. The number of nitrogens with one attached hydrogen (secondary N) is 2. The number of thioether (sulfide) groups is 1. The van der Waals surface area contributed by atoms with Gasteiger partial charge in [-0.15, -0.1) is 11.8 Å². The molecule has 1 saturated carbocycles. The average molecular weight is 398 g/mol. The molecule has 3 rings (SSSR count). The highest BCUT2D eigenvalue weighted by Gasteiger charge is 2.42.